The largest absolute Gasteiger partial charge is 0.333 e. The van der Waals surface area contributed by atoms with Crippen molar-refractivity contribution in [2.75, 3.05) is 5.32 Å². The molecule has 0 saturated carbocycles. The molecule has 2 aromatic carbocycles. The molecule has 0 spiro atoms. The minimum Gasteiger partial charge on any atom is -0.307 e. The molecule has 0 aliphatic rings. The Morgan fingerprint density at radius 3 is 2.10 bits per heavy atom. The van der Waals surface area contributed by atoms with Crippen LogP contribution in [0.25, 0.3) is 0 Å². The first kappa shape index (κ1) is 15.6. The van der Waals surface area contributed by atoms with E-state index in [0.29, 0.717) is 10.0 Å². The van der Waals surface area contributed by atoms with E-state index in [0.717, 1.165) is 0 Å². The predicted octanol–water partition coefficient (Wildman–Crippen LogP) is 3.50. The average molecular weight is 345 g/mol. The van der Waals surface area contributed by atoms with Gasteiger partial charge >= 0.3 is 6.03 Å². The van der Waals surface area contributed by atoms with Crippen LogP contribution < -0.4 is 10.0 Å². The second-order valence-electron chi connectivity index (χ2n) is 4.03. The third kappa shape index (κ3) is 4.35. The Kier molecular flexibility index (Phi) is 4.72. The van der Waals surface area contributed by atoms with Crippen LogP contribution in [-0.4, -0.2) is 14.4 Å². The van der Waals surface area contributed by atoms with E-state index in [1.165, 1.54) is 30.3 Å². The number of benzene rings is 2. The number of nitrogens with one attached hydrogen (secondary N) is 2. The third-order valence-electron chi connectivity index (χ3n) is 2.40. The van der Waals surface area contributed by atoms with Crippen molar-refractivity contribution < 1.29 is 13.2 Å². The van der Waals surface area contributed by atoms with Gasteiger partial charge in [-0.05, 0) is 30.3 Å². The second-order valence-corrected chi connectivity index (χ2v) is 6.59. The van der Waals surface area contributed by atoms with E-state index in [1.807, 2.05) is 4.72 Å². The summed E-state index contributed by atoms with van der Waals surface area (Å²) >= 11 is 11.6. The molecule has 0 aromatic heterocycles. The summed E-state index contributed by atoms with van der Waals surface area (Å²) in [5.74, 6) is 0. The quantitative estimate of drug-likeness (QED) is 0.894. The van der Waals surface area contributed by atoms with E-state index in [-0.39, 0.29) is 10.6 Å². The van der Waals surface area contributed by atoms with Gasteiger partial charge in [-0.25, -0.2) is 17.9 Å². The molecule has 2 amide bonds. The van der Waals surface area contributed by atoms with Crippen LogP contribution in [0, 0.1) is 0 Å². The summed E-state index contributed by atoms with van der Waals surface area (Å²) in [7, 11) is -3.93. The molecule has 0 fully saturated rings. The van der Waals surface area contributed by atoms with Crippen molar-refractivity contribution in [2.24, 2.45) is 0 Å². The molecule has 0 aliphatic heterocycles. The van der Waals surface area contributed by atoms with Crippen molar-refractivity contribution in [1.29, 1.82) is 0 Å². The molecule has 0 saturated heterocycles. The maximum absolute atomic E-state index is 11.9. The van der Waals surface area contributed by atoms with Gasteiger partial charge in [-0.3, -0.25) is 0 Å². The Hall–Kier alpha value is -1.76. The number of carbonyl (C=O) groups excluding carboxylic acids is 1. The first-order valence-electron chi connectivity index (χ1n) is 5.72. The van der Waals surface area contributed by atoms with E-state index in [2.05, 4.69) is 5.32 Å². The third-order valence-corrected chi connectivity index (χ3v) is 4.18. The van der Waals surface area contributed by atoms with E-state index in [1.54, 1.807) is 18.2 Å². The molecule has 8 heteroatoms. The number of halogens is 2. The van der Waals surface area contributed by atoms with Crippen molar-refractivity contribution >= 4 is 44.9 Å². The van der Waals surface area contributed by atoms with Crippen LogP contribution >= 0.6 is 23.2 Å². The van der Waals surface area contributed by atoms with Crippen molar-refractivity contribution in [3.63, 3.8) is 0 Å². The van der Waals surface area contributed by atoms with Gasteiger partial charge in [0, 0.05) is 15.7 Å². The van der Waals surface area contributed by atoms with Crippen LogP contribution in [-0.2, 0) is 10.0 Å². The molecule has 110 valence electrons. The van der Waals surface area contributed by atoms with E-state index in [4.69, 9.17) is 23.2 Å². The topological polar surface area (TPSA) is 75.3 Å². The summed E-state index contributed by atoms with van der Waals surface area (Å²) in [6.07, 6.45) is 0. The normalized spacial score (nSPS) is 11.0. The smallest absolute Gasteiger partial charge is 0.307 e. The Morgan fingerprint density at radius 1 is 0.952 bits per heavy atom. The van der Waals surface area contributed by atoms with Gasteiger partial charge in [-0.15, -0.1) is 0 Å². The number of urea groups is 1. The molecule has 0 atom stereocenters. The Labute approximate surface area is 131 Å². The summed E-state index contributed by atoms with van der Waals surface area (Å²) < 4.78 is 25.8. The zero-order valence-electron chi connectivity index (χ0n) is 10.5. The lowest BCUT2D eigenvalue weighted by molar-refractivity contribution is 0.256. The number of anilines is 1. The van der Waals surface area contributed by atoms with Gasteiger partial charge in [0.25, 0.3) is 10.0 Å². The molecular formula is C13H10Cl2N2O3S. The lowest BCUT2D eigenvalue weighted by Gasteiger charge is -2.09. The molecule has 0 bridgehead atoms. The highest BCUT2D eigenvalue weighted by Crippen LogP contribution is 2.22. The maximum Gasteiger partial charge on any atom is 0.333 e. The standard InChI is InChI=1S/C13H10Cl2N2O3S/c14-9-6-10(15)8-11(7-9)16-13(18)17-21(19,20)12-4-2-1-3-5-12/h1-8H,(H2,16,17,18). The van der Waals surface area contributed by atoms with E-state index < -0.39 is 16.1 Å². The summed E-state index contributed by atoms with van der Waals surface area (Å²) in [5, 5.41) is 3.00. The summed E-state index contributed by atoms with van der Waals surface area (Å²) in [6, 6.07) is 11.0. The van der Waals surface area contributed by atoms with Crippen LogP contribution in [0.3, 0.4) is 0 Å². The van der Waals surface area contributed by atoms with Crippen molar-refractivity contribution in [1.82, 2.24) is 4.72 Å². The molecule has 0 aliphatic carbocycles. The fourth-order valence-corrected chi connectivity index (χ4v) is 3.02. The number of hydrogen-bond acceptors (Lipinski definition) is 3. The minimum absolute atomic E-state index is 0.00993. The Balaban J connectivity index is 2.11. The molecule has 2 N–H and O–H groups in total. The molecule has 0 unspecified atom stereocenters. The van der Waals surface area contributed by atoms with E-state index in [9.17, 15) is 13.2 Å². The van der Waals surface area contributed by atoms with Crippen LogP contribution in [0.1, 0.15) is 0 Å². The van der Waals surface area contributed by atoms with Crippen LogP contribution in [0.4, 0.5) is 10.5 Å². The van der Waals surface area contributed by atoms with Gasteiger partial charge in [0.2, 0.25) is 0 Å². The molecule has 0 radical (unpaired) electrons. The number of rotatable bonds is 3. The maximum atomic E-state index is 11.9. The average Bonchev–Trinajstić information content (AvgIpc) is 2.37. The lowest BCUT2D eigenvalue weighted by atomic mass is 10.3. The lowest BCUT2D eigenvalue weighted by Crippen LogP contribution is -2.34. The number of hydrogen-bond donors (Lipinski definition) is 2. The minimum atomic E-state index is -3.93. The Bertz CT molecular complexity index is 744. The van der Waals surface area contributed by atoms with Crippen LogP contribution in [0.15, 0.2) is 53.4 Å². The Morgan fingerprint density at radius 2 is 1.52 bits per heavy atom. The summed E-state index contributed by atoms with van der Waals surface area (Å²) in [5.41, 5.74) is 0.285. The summed E-state index contributed by atoms with van der Waals surface area (Å²) in [4.78, 5) is 11.7. The molecule has 2 rings (SSSR count). The van der Waals surface area contributed by atoms with Gasteiger partial charge in [0.05, 0.1) is 4.90 Å². The monoisotopic (exact) mass is 344 g/mol. The zero-order valence-corrected chi connectivity index (χ0v) is 12.8. The summed E-state index contributed by atoms with van der Waals surface area (Å²) in [6.45, 7) is 0. The molecular weight excluding hydrogens is 335 g/mol. The van der Waals surface area contributed by atoms with Gasteiger partial charge in [-0.1, -0.05) is 41.4 Å². The first-order valence-corrected chi connectivity index (χ1v) is 7.96. The van der Waals surface area contributed by atoms with Crippen molar-refractivity contribution in [2.45, 2.75) is 4.90 Å². The number of amides is 2. The predicted molar refractivity (Wildman–Crippen MR) is 82.2 cm³/mol. The molecule has 21 heavy (non-hydrogen) atoms. The highest BCUT2D eigenvalue weighted by Gasteiger charge is 2.17. The SMILES string of the molecule is O=C(Nc1cc(Cl)cc(Cl)c1)NS(=O)(=O)c1ccccc1. The van der Waals surface area contributed by atoms with Crippen LogP contribution in [0.2, 0.25) is 10.0 Å². The molecule has 0 heterocycles. The number of sulfonamides is 1. The van der Waals surface area contributed by atoms with E-state index >= 15 is 0 Å². The van der Waals surface area contributed by atoms with Crippen molar-refractivity contribution in [3.05, 3.63) is 58.6 Å². The van der Waals surface area contributed by atoms with Gasteiger partial charge in [-0.2, -0.15) is 0 Å². The zero-order chi connectivity index (χ0) is 15.5. The van der Waals surface area contributed by atoms with Gasteiger partial charge < -0.3 is 5.32 Å². The molecule has 5 nitrogen and oxygen atoms in total. The molecule has 2 aromatic rings. The van der Waals surface area contributed by atoms with Gasteiger partial charge in [0.1, 0.15) is 0 Å². The second kappa shape index (κ2) is 6.34. The van der Waals surface area contributed by atoms with Gasteiger partial charge in [0.15, 0.2) is 0 Å². The highest BCUT2D eigenvalue weighted by atomic mass is 35.5. The number of carbonyl (C=O) groups is 1. The highest BCUT2D eigenvalue weighted by molar-refractivity contribution is 7.90. The van der Waals surface area contributed by atoms with Crippen molar-refractivity contribution in [3.8, 4) is 0 Å². The first-order chi connectivity index (χ1) is 9.87. The fourth-order valence-electron chi connectivity index (χ4n) is 1.56. The fraction of sp³-hybridized carbons (Fsp3) is 0. The van der Waals surface area contributed by atoms with Crippen LogP contribution in [0.5, 0.6) is 0 Å².